The first-order valence-electron chi connectivity index (χ1n) is 6.21. The third kappa shape index (κ3) is 5.40. The van der Waals surface area contributed by atoms with E-state index in [1.54, 1.807) is 17.5 Å². The second-order valence-electron chi connectivity index (χ2n) is 4.72. The molecule has 6 nitrogen and oxygen atoms in total. The van der Waals surface area contributed by atoms with Crippen LogP contribution >= 0.6 is 11.3 Å². The Morgan fingerprint density at radius 1 is 1.40 bits per heavy atom. The highest BCUT2D eigenvalue weighted by Gasteiger charge is 2.18. The van der Waals surface area contributed by atoms with Crippen LogP contribution in [0.4, 0.5) is 0 Å². The SMILES string of the molecule is CC(C)CN(CC(=O)O)C(=O)CNC(=O)c1cccs1. The zero-order valence-electron chi connectivity index (χ0n) is 11.5. The zero-order valence-corrected chi connectivity index (χ0v) is 12.3. The van der Waals surface area contributed by atoms with Gasteiger partial charge in [0.1, 0.15) is 6.54 Å². The number of carboxylic acids is 1. The maximum atomic E-state index is 11.9. The number of rotatable bonds is 7. The van der Waals surface area contributed by atoms with Gasteiger partial charge in [-0.15, -0.1) is 11.3 Å². The van der Waals surface area contributed by atoms with Crippen molar-refractivity contribution in [2.45, 2.75) is 13.8 Å². The number of hydrogen-bond donors (Lipinski definition) is 2. The number of hydrogen-bond acceptors (Lipinski definition) is 4. The molecule has 1 aromatic heterocycles. The third-order valence-corrected chi connectivity index (χ3v) is 3.28. The molecule has 2 N–H and O–H groups in total. The molecular formula is C13H18N2O4S. The molecule has 0 saturated heterocycles. The summed E-state index contributed by atoms with van der Waals surface area (Å²) in [5, 5.41) is 13.1. The van der Waals surface area contributed by atoms with Crippen LogP contribution in [0, 0.1) is 5.92 Å². The maximum Gasteiger partial charge on any atom is 0.323 e. The van der Waals surface area contributed by atoms with Crippen LogP contribution in [0.3, 0.4) is 0 Å². The summed E-state index contributed by atoms with van der Waals surface area (Å²) in [6.45, 7) is 3.58. The normalized spacial score (nSPS) is 10.3. The molecule has 0 bridgehead atoms. The van der Waals surface area contributed by atoms with E-state index < -0.39 is 11.9 Å². The second kappa shape index (κ2) is 7.64. The summed E-state index contributed by atoms with van der Waals surface area (Å²) in [5.74, 6) is -1.63. The number of carbonyl (C=O) groups excluding carboxylic acids is 2. The van der Waals surface area contributed by atoms with Gasteiger partial charge in [-0.3, -0.25) is 14.4 Å². The predicted octanol–water partition coefficient (Wildman–Crippen LogP) is 1.05. The Balaban J connectivity index is 2.53. The van der Waals surface area contributed by atoms with Gasteiger partial charge in [0, 0.05) is 6.54 Å². The molecule has 0 radical (unpaired) electrons. The van der Waals surface area contributed by atoms with Crippen molar-refractivity contribution in [3.05, 3.63) is 22.4 Å². The van der Waals surface area contributed by atoms with Crippen LogP contribution < -0.4 is 5.32 Å². The van der Waals surface area contributed by atoms with Crippen LogP contribution in [0.1, 0.15) is 23.5 Å². The molecule has 0 fully saturated rings. The van der Waals surface area contributed by atoms with Gasteiger partial charge < -0.3 is 15.3 Å². The molecule has 1 heterocycles. The van der Waals surface area contributed by atoms with E-state index in [9.17, 15) is 14.4 Å². The molecule has 1 aromatic rings. The van der Waals surface area contributed by atoms with Gasteiger partial charge in [-0.05, 0) is 17.4 Å². The summed E-state index contributed by atoms with van der Waals surface area (Å²) in [7, 11) is 0. The summed E-state index contributed by atoms with van der Waals surface area (Å²) in [4.78, 5) is 36.1. The second-order valence-corrected chi connectivity index (χ2v) is 5.67. The highest BCUT2D eigenvalue weighted by atomic mass is 32.1. The number of carbonyl (C=O) groups is 3. The summed E-state index contributed by atoms with van der Waals surface area (Å²) in [5.41, 5.74) is 0. The largest absolute Gasteiger partial charge is 0.480 e. The summed E-state index contributed by atoms with van der Waals surface area (Å²) in [6, 6.07) is 3.41. The zero-order chi connectivity index (χ0) is 15.1. The molecule has 0 unspecified atom stereocenters. The van der Waals surface area contributed by atoms with Crippen LogP contribution in [0.25, 0.3) is 0 Å². The lowest BCUT2D eigenvalue weighted by Gasteiger charge is -2.22. The van der Waals surface area contributed by atoms with Crippen LogP contribution in [-0.4, -0.2) is 47.4 Å². The predicted molar refractivity (Wildman–Crippen MR) is 75.7 cm³/mol. The first kappa shape index (κ1) is 16.2. The van der Waals surface area contributed by atoms with Gasteiger partial charge >= 0.3 is 5.97 Å². The van der Waals surface area contributed by atoms with Crippen LogP contribution in [0.2, 0.25) is 0 Å². The van der Waals surface area contributed by atoms with E-state index >= 15 is 0 Å². The molecule has 0 spiro atoms. The molecule has 0 atom stereocenters. The number of amides is 2. The molecule has 2 amide bonds. The van der Waals surface area contributed by atoms with Crippen molar-refractivity contribution >= 4 is 29.1 Å². The number of thiophene rings is 1. The van der Waals surface area contributed by atoms with E-state index in [4.69, 9.17) is 5.11 Å². The number of nitrogens with one attached hydrogen (secondary N) is 1. The molecule has 0 saturated carbocycles. The van der Waals surface area contributed by atoms with E-state index in [0.29, 0.717) is 11.4 Å². The van der Waals surface area contributed by atoms with Crippen LogP contribution in [0.15, 0.2) is 17.5 Å². The Morgan fingerprint density at radius 2 is 2.10 bits per heavy atom. The first-order chi connectivity index (χ1) is 9.40. The molecule has 110 valence electrons. The Labute approximate surface area is 121 Å². The maximum absolute atomic E-state index is 11.9. The van der Waals surface area contributed by atoms with Crippen molar-refractivity contribution in [3.63, 3.8) is 0 Å². The lowest BCUT2D eigenvalue weighted by molar-refractivity contribution is -0.144. The Morgan fingerprint density at radius 3 is 2.60 bits per heavy atom. The molecular weight excluding hydrogens is 280 g/mol. The number of aliphatic carboxylic acids is 1. The minimum Gasteiger partial charge on any atom is -0.480 e. The lowest BCUT2D eigenvalue weighted by atomic mass is 10.2. The molecule has 7 heteroatoms. The fourth-order valence-electron chi connectivity index (χ4n) is 1.62. The van der Waals surface area contributed by atoms with Gasteiger partial charge in [-0.2, -0.15) is 0 Å². The van der Waals surface area contributed by atoms with E-state index in [0.717, 1.165) is 0 Å². The van der Waals surface area contributed by atoms with Gasteiger partial charge in [0.25, 0.3) is 5.91 Å². The van der Waals surface area contributed by atoms with Crippen molar-refractivity contribution in [1.82, 2.24) is 10.2 Å². The molecule has 0 aromatic carbocycles. The minimum absolute atomic E-state index is 0.159. The summed E-state index contributed by atoms with van der Waals surface area (Å²) >= 11 is 1.28. The quantitative estimate of drug-likeness (QED) is 0.787. The van der Waals surface area contributed by atoms with Gasteiger partial charge in [0.05, 0.1) is 11.4 Å². The monoisotopic (exact) mass is 298 g/mol. The molecule has 0 aliphatic heterocycles. The standard InChI is InChI=1S/C13H18N2O4S/c1-9(2)7-15(8-12(17)18)11(16)6-14-13(19)10-4-3-5-20-10/h3-5,9H,6-8H2,1-2H3,(H,14,19)(H,17,18). The molecule has 1 rings (SSSR count). The van der Waals surface area contributed by atoms with E-state index in [-0.39, 0.29) is 24.9 Å². The average molecular weight is 298 g/mol. The van der Waals surface area contributed by atoms with Crippen molar-refractivity contribution < 1.29 is 19.5 Å². The number of carboxylic acid groups (broad SMARTS) is 1. The fourth-order valence-corrected chi connectivity index (χ4v) is 2.26. The Kier molecular flexibility index (Phi) is 6.17. The highest BCUT2D eigenvalue weighted by molar-refractivity contribution is 7.12. The van der Waals surface area contributed by atoms with E-state index in [2.05, 4.69) is 5.32 Å². The lowest BCUT2D eigenvalue weighted by Crippen LogP contribution is -2.44. The summed E-state index contributed by atoms with van der Waals surface area (Å²) in [6.07, 6.45) is 0. The molecule has 20 heavy (non-hydrogen) atoms. The summed E-state index contributed by atoms with van der Waals surface area (Å²) < 4.78 is 0. The Hall–Kier alpha value is -1.89. The average Bonchev–Trinajstić information content (AvgIpc) is 2.87. The first-order valence-corrected chi connectivity index (χ1v) is 7.09. The minimum atomic E-state index is -1.07. The topological polar surface area (TPSA) is 86.7 Å². The van der Waals surface area contributed by atoms with Gasteiger partial charge in [-0.1, -0.05) is 19.9 Å². The van der Waals surface area contributed by atoms with Gasteiger partial charge in [0.2, 0.25) is 5.91 Å². The number of nitrogens with zero attached hydrogens (tertiary/aromatic N) is 1. The molecule has 0 aliphatic carbocycles. The van der Waals surface area contributed by atoms with Crippen molar-refractivity contribution in [3.8, 4) is 0 Å². The van der Waals surface area contributed by atoms with Crippen LogP contribution in [-0.2, 0) is 9.59 Å². The van der Waals surface area contributed by atoms with E-state index in [1.807, 2.05) is 13.8 Å². The molecule has 0 aliphatic rings. The fraction of sp³-hybridized carbons (Fsp3) is 0.462. The Bertz CT molecular complexity index is 471. The van der Waals surface area contributed by atoms with Crippen molar-refractivity contribution in [2.24, 2.45) is 5.92 Å². The smallest absolute Gasteiger partial charge is 0.323 e. The van der Waals surface area contributed by atoms with Crippen LogP contribution in [0.5, 0.6) is 0 Å². The van der Waals surface area contributed by atoms with Gasteiger partial charge in [0.15, 0.2) is 0 Å². The van der Waals surface area contributed by atoms with Crippen molar-refractivity contribution in [2.75, 3.05) is 19.6 Å². The third-order valence-electron chi connectivity index (χ3n) is 2.41. The highest BCUT2D eigenvalue weighted by Crippen LogP contribution is 2.07. The van der Waals surface area contributed by atoms with Crippen molar-refractivity contribution in [1.29, 1.82) is 0 Å². The van der Waals surface area contributed by atoms with E-state index in [1.165, 1.54) is 16.2 Å². The van der Waals surface area contributed by atoms with Gasteiger partial charge in [-0.25, -0.2) is 0 Å².